The SMILES string of the molecule is Cc1cn(CC(=O)N[C@H](CC(C)C)c2cccnc2)c(=O)[nH]c1=O. The first-order valence-corrected chi connectivity index (χ1v) is 7.86. The molecule has 0 aliphatic heterocycles. The quantitative estimate of drug-likeness (QED) is 0.830. The van der Waals surface area contributed by atoms with E-state index in [-0.39, 0.29) is 18.5 Å². The second-order valence-electron chi connectivity index (χ2n) is 6.24. The molecule has 0 spiro atoms. The Labute approximate surface area is 139 Å². The molecule has 0 aromatic carbocycles. The number of hydrogen-bond donors (Lipinski definition) is 2. The molecule has 2 heterocycles. The largest absolute Gasteiger partial charge is 0.348 e. The lowest BCUT2D eigenvalue weighted by atomic mass is 9.98. The first-order chi connectivity index (χ1) is 11.4. The van der Waals surface area contributed by atoms with Gasteiger partial charge in [0.15, 0.2) is 0 Å². The van der Waals surface area contributed by atoms with Crippen molar-refractivity contribution < 1.29 is 4.79 Å². The van der Waals surface area contributed by atoms with Gasteiger partial charge in [-0.1, -0.05) is 19.9 Å². The molecule has 2 N–H and O–H groups in total. The first kappa shape index (κ1) is 17.7. The number of H-pyrrole nitrogens is 1. The van der Waals surface area contributed by atoms with Crippen molar-refractivity contribution in [2.24, 2.45) is 5.92 Å². The molecule has 0 bridgehead atoms. The molecule has 0 fully saturated rings. The smallest absolute Gasteiger partial charge is 0.328 e. The van der Waals surface area contributed by atoms with Gasteiger partial charge in [-0.3, -0.25) is 24.1 Å². The zero-order valence-electron chi connectivity index (χ0n) is 14.1. The van der Waals surface area contributed by atoms with Crippen LogP contribution in [-0.2, 0) is 11.3 Å². The summed E-state index contributed by atoms with van der Waals surface area (Å²) in [4.78, 5) is 41.8. The molecule has 24 heavy (non-hydrogen) atoms. The van der Waals surface area contributed by atoms with E-state index < -0.39 is 11.2 Å². The maximum absolute atomic E-state index is 12.3. The van der Waals surface area contributed by atoms with Crippen LogP contribution in [-0.4, -0.2) is 20.4 Å². The Kier molecular flexibility index (Phi) is 5.68. The highest BCUT2D eigenvalue weighted by Crippen LogP contribution is 2.20. The fourth-order valence-electron chi connectivity index (χ4n) is 2.46. The minimum absolute atomic E-state index is 0.148. The van der Waals surface area contributed by atoms with Crippen LogP contribution < -0.4 is 16.6 Å². The minimum atomic E-state index is -0.595. The van der Waals surface area contributed by atoms with Gasteiger partial charge in [0.25, 0.3) is 5.56 Å². The second kappa shape index (κ2) is 7.72. The molecule has 0 aliphatic rings. The molecule has 7 nitrogen and oxygen atoms in total. The monoisotopic (exact) mass is 330 g/mol. The van der Waals surface area contributed by atoms with Crippen LogP contribution in [0.3, 0.4) is 0 Å². The van der Waals surface area contributed by atoms with E-state index in [0.29, 0.717) is 11.5 Å². The fraction of sp³-hybridized carbons (Fsp3) is 0.412. The highest BCUT2D eigenvalue weighted by molar-refractivity contribution is 5.76. The zero-order chi connectivity index (χ0) is 17.7. The molecule has 0 saturated carbocycles. The van der Waals surface area contributed by atoms with Gasteiger partial charge in [-0.2, -0.15) is 0 Å². The molecule has 1 atom stereocenters. The number of amides is 1. The van der Waals surface area contributed by atoms with E-state index in [4.69, 9.17) is 0 Å². The lowest BCUT2D eigenvalue weighted by Gasteiger charge is -2.21. The van der Waals surface area contributed by atoms with E-state index in [9.17, 15) is 14.4 Å². The number of aromatic amines is 1. The topological polar surface area (TPSA) is 96.8 Å². The summed E-state index contributed by atoms with van der Waals surface area (Å²) in [7, 11) is 0. The Morgan fingerprint density at radius 2 is 2.12 bits per heavy atom. The summed E-state index contributed by atoms with van der Waals surface area (Å²) >= 11 is 0. The Bertz CT molecular complexity index is 809. The molecule has 7 heteroatoms. The summed E-state index contributed by atoms with van der Waals surface area (Å²) in [6, 6.07) is 3.56. The minimum Gasteiger partial charge on any atom is -0.348 e. The van der Waals surface area contributed by atoms with E-state index in [2.05, 4.69) is 29.1 Å². The highest BCUT2D eigenvalue weighted by atomic mass is 16.2. The fourth-order valence-corrected chi connectivity index (χ4v) is 2.46. The molecule has 0 radical (unpaired) electrons. The van der Waals surface area contributed by atoms with Gasteiger partial charge in [-0.05, 0) is 30.9 Å². The van der Waals surface area contributed by atoms with Crippen LogP contribution in [0.4, 0.5) is 0 Å². The third kappa shape index (κ3) is 4.65. The molecular formula is C17H22N4O3. The van der Waals surface area contributed by atoms with Gasteiger partial charge in [0.2, 0.25) is 5.91 Å². The maximum atomic E-state index is 12.3. The van der Waals surface area contributed by atoms with Gasteiger partial charge in [-0.15, -0.1) is 0 Å². The Morgan fingerprint density at radius 1 is 1.38 bits per heavy atom. The van der Waals surface area contributed by atoms with Crippen molar-refractivity contribution in [1.29, 1.82) is 0 Å². The zero-order valence-corrected chi connectivity index (χ0v) is 14.1. The number of rotatable bonds is 6. The molecule has 0 aliphatic carbocycles. The predicted molar refractivity (Wildman–Crippen MR) is 90.6 cm³/mol. The van der Waals surface area contributed by atoms with E-state index in [1.807, 2.05) is 12.1 Å². The number of carbonyl (C=O) groups is 1. The van der Waals surface area contributed by atoms with Crippen molar-refractivity contribution in [3.05, 3.63) is 62.7 Å². The molecule has 2 aromatic heterocycles. The van der Waals surface area contributed by atoms with E-state index in [1.165, 1.54) is 10.8 Å². The normalized spacial score (nSPS) is 12.2. The number of aryl methyl sites for hydroxylation is 1. The van der Waals surface area contributed by atoms with Gasteiger partial charge < -0.3 is 5.32 Å². The van der Waals surface area contributed by atoms with Crippen LogP contribution in [0.1, 0.15) is 37.4 Å². The van der Waals surface area contributed by atoms with Gasteiger partial charge in [0, 0.05) is 24.2 Å². The number of carbonyl (C=O) groups excluding carboxylic acids is 1. The van der Waals surface area contributed by atoms with Crippen LogP contribution in [0.15, 0.2) is 40.3 Å². The Balaban J connectivity index is 2.15. The lowest BCUT2D eigenvalue weighted by molar-refractivity contribution is -0.122. The summed E-state index contributed by atoms with van der Waals surface area (Å²) in [5.41, 5.74) is 0.269. The van der Waals surface area contributed by atoms with Crippen LogP contribution in [0.5, 0.6) is 0 Å². The lowest BCUT2D eigenvalue weighted by Crippen LogP contribution is -2.38. The van der Waals surface area contributed by atoms with E-state index in [1.54, 1.807) is 19.3 Å². The number of aromatic nitrogens is 3. The van der Waals surface area contributed by atoms with Crippen molar-refractivity contribution in [2.45, 2.75) is 39.8 Å². The first-order valence-electron chi connectivity index (χ1n) is 7.86. The summed E-state index contributed by atoms with van der Waals surface area (Å²) < 4.78 is 1.20. The average molecular weight is 330 g/mol. The van der Waals surface area contributed by atoms with Crippen LogP contribution in [0.25, 0.3) is 0 Å². The Hall–Kier alpha value is -2.70. The number of pyridine rings is 1. The third-order valence-electron chi connectivity index (χ3n) is 3.63. The van der Waals surface area contributed by atoms with Crippen molar-refractivity contribution in [2.75, 3.05) is 0 Å². The Morgan fingerprint density at radius 3 is 2.75 bits per heavy atom. The number of nitrogens with zero attached hydrogens (tertiary/aromatic N) is 2. The van der Waals surface area contributed by atoms with Crippen molar-refractivity contribution in [3.8, 4) is 0 Å². The molecule has 2 rings (SSSR count). The standard InChI is InChI=1S/C17H22N4O3/c1-11(2)7-14(13-5-4-6-18-8-13)19-15(22)10-21-9-12(3)16(23)20-17(21)24/h4-6,8-9,11,14H,7,10H2,1-3H3,(H,19,22)(H,20,23,24)/t14-/m1/s1. The number of nitrogens with one attached hydrogen (secondary N) is 2. The van der Waals surface area contributed by atoms with Crippen LogP contribution in [0.2, 0.25) is 0 Å². The summed E-state index contributed by atoms with van der Waals surface area (Å²) in [5, 5.41) is 2.94. The van der Waals surface area contributed by atoms with Crippen LogP contribution >= 0.6 is 0 Å². The molecule has 2 aromatic rings. The molecule has 0 unspecified atom stereocenters. The highest BCUT2D eigenvalue weighted by Gasteiger charge is 2.17. The third-order valence-corrected chi connectivity index (χ3v) is 3.63. The predicted octanol–water partition coefficient (Wildman–Crippen LogP) is 1.14. The van der Waals surface area contributed by atoms with Crippen molar-refractivity contribution >= 4 is 5.91 Å². The average Bonchev–Trinajstić information content (AvgIpc) is 2.52. The van der Waals surface area contributed by atoms with Gasteiger partial charge in [-0.25, -0.2) is 4.79 Å². The molecule has 0 saturated heterocycles. The van der Waals surface area contributed by atoms with Gasteiger partial charge in [0.1, 0.15) is 6.54 Å². The number of hydrogen-bond acceptors (Lipinski definition) is 4. The molecule has 1 amide bonds. The van der Waals surface area contributed by atoms with E-state index >= 15 is 0 Å². The summed E-state index contributed by atoms with van der Waals surface area (Å²) in [6.45, 7) is 5.59. The van der Waals surface area contributed by atoms with Crippen molar-refractivity contribution in [3.63, 3.8) is 0 Å². The van der Waals surface area contributed by atoms with E-state index in [0.717, 1.165) is 12.0 Å². The van der Waals surface area contributed by atoms with Gasteiger partial charge in [0.05, 0.1) is 6.04 Å². The van der Waals surface area contributed by atoms with Crippen LogP contribution in [0, 0.1) is 12.8 Å². The molecule has 128 valence electrons. The summed E-state index contributed by atoms with van der Waals surface area (Å²) in [6.07, 6.45) is 5.56. The molecular weight excluding hydrogens is 308 g/mol. The van der Waals surface area contributed by atoms with Gasteiger partial charge >= 0.3 is 5.69 Å². The maximum Gasteiger partial charge on any atom is 0.328 e. The second-order valence-corrected chi connectivity index (χ2v) is 6.24. The van der Waals surface area contributed by atoms with Crippen molar-refractivity contribution in [1.82, 2.24) is 19.9 Å². The summed E-state index contributed by atoms with van der Waals surface area (Å²) in [5.74, 6) is 0.0894.